The van der Waals surface area contributed by atoms with Gasteiger partial charge in [-0.05, 0) is 43.9 Å². The molecular formula is C16H26N2O. The molecule has 0 heterocycles. The molecule has 3 nitrogen and oxygen atoms in total. The largest absolute Gasteiger partial charge is 0.385 e. The first kappa shape index (κ1) is 15.5. The molecule has 0 aliphatic rings. The molecule has 1 aromatic rings. The lowest BCUT2D eigenvalue weighted by Crippen LogP contribution is -2.38. The van der Waals surface area contributed by atoms with Gasteiger partial charge in [-0.1, -0.05) is 26.8 Å². The van der Waals surface area contributed by atoms with Gasteiger partial charge in [0, 0.05) is 18.3 Å². The molecule has 0 bridgehead atoms. The van der Waals surface area contributed by atoms with E-state index in [1.54, 1.807) is 0 Å². The third-order valence-electron chi connectivity index (χ3n) is 3.35. The van der Waals surface area contributed by atoms with E-state index < -0.39 is 0 Å². The minimum Gasteiger partial charge on any atom is -0.385 e. The highest BCUT2D eigenvalue weighted by Crippen LogP contribution is 2.18. The van der Waals surface area contributed by atoms with E-state index in [9.17, 15) is 4.79 Å². The zero-order valence-corrected chi connectivity index (χ0v) is 12.7. The Morgan fingerprint density at radius 3 is 2.47 bits per heavy atom. The predicted octanol–water partition coefficient (Wildman–Crippen LogP) is 3.59. The van der Waals surface area contributed by atoms with Crippen molar-refractivity contribution >= 4 is 11.6 Å². The molecule has 19 heavy (non-hydrogen) atoms. The first-order chi connectivity index (χ1) is 8.99. The van der Waals surface area contributed by atoms with Gasteiger partial charge in [0.15, 0.2) is 0 Å². The topological polar surface area (TPSA) is 41.1 Å². The average molecular weight is 262 g/mol. The number of anilines is 1. The van der Waals surface area contributed by atoms with Crippen LogP contribution in [0.5, 0.6) is 0 Å². The summed E-state index contributed by atoms with van der Waals surface area (Å²) in [5, 5.41) is 6.38. The second kappa shape index (κ2) is 7.17. The molecule has 0 saturated carbocycles. The number of carbonyl (C=O) groups is 1. The van der Waals surface area contributed by atoms with E-state index in [4.69, 9.17) is 0 Å². The van der Waals surface area contributed by atoms with E-state index in [-0.39, 0.29) is 11.9 Å². The van der Waals surface area contributed by atoms with Gasteiger partial charge in [0.25, 0.3) is 5.91 Å². The lowest BCUT2D eigenvalue weighted by Gasteiger charge is -2.21. The van der Waals surface area contributed by atoms with Gasteiger partial charge in [-0.15, -0.1) is 0 Å². The normalized spacial score (nSPS) is 12.3. The highest BCUT2D eigenvalue weighted by Gasteiger charge is 2.17. The zero-order chi connectivity index (χ0) is 14.4. The van der Waals surface area contributed by atoms with E-state index >= 15 is 0 Å². The van der Waals surface area contributed by atoms with Crippen molar-refractivity contribution in [2.45, 2.75) is 47.1 Å². The van der Waals surface area contributed by atoms with Gasteiger partial charge in [0.05, 0.1) is 5.56 Å². The maximum atomic E-state index is 12.4. The van der Waals surface area contributed by atoms with E-state index in [1.807, 2.05) is 32.0 Å². The van der Waals surface area contributed by atoms with Crippen LogP contribution in [-0.2, 0) is 0 Å². The van der Waals surface area contributed by atoms with Gasteiger partial charge >= 0.3 is 0 Å². The van der Waals surface area contributed by atoms with Crippen molar-refractivity contribution < 1.29 is 4.79 Å². The molecule has 0 radical (unpaired) electrons. The molecule has 0 aliphatic carbocycles. The zero-order valence-electron chi connectivity index (χ0n) is 12.7. The first-order valence-electron chi connectivity index (χ1n) is 7.14. The lowest BCUT2D eigenvalue weighted by atomic mass is 10.0. The minimum absolute atomic E-state index is 0.0106. The maximum absolute atomic E-state index is 12.4. The van der Waals surface area contributed by atoms with Gasteiger partial charge < -0.3 is 10.6 Å². The average Bonchev–Trinajstić information content (AvgIpc) is 2.35. The fourth-order valence-electron chi connectivity index (χ4n) is 2.18. The van der Waals surface area contributed by atoms with Crippen molar-refractivity contribution in [1.82, 2.24) is 5.32 Å². The molecule has 0 fully saturated rings. The monoisotopic (exact) mass is 262 g/mol. The van der Waals surface area contributed by atoms with Crippen LogP contribution < -0.4 is 10.6 Å². The molecule has 2 N–H and O–H groups in total. The molecule has 1 unspecified atom stereocenters. The summed E-state index contributed by atoms with van der Waals surface area (Å²) in [7, 11) is 0. The van der Waals surface area contributed by atoms with Crippen molar-refractivity contribution in [1.29, 1.82) is 0 Å². The van der Waals surface area contributed by atoms with Gasteiger partial charge in [-0.2, -0.15) is 0 Å². The van der Waals surface area contributed by atoms with Crippen molar-refractivity contribution in [2.75, 3.05) is 11.9 Å². The van der Waals surface area contributed by atoms with Crippen LogP contribution in [-0.4, -0.2) is 18.5 Å². The number of amides is 1. The minimum atomic E-state index is 0.0106. The van der Waals surface area contributed by atoms with Crippen LogP contribution in [0.3, 0.4) is 0 Å². The van der Waals surface area contributed by atoms with Crippen LogP contribution in [0.4, 0.5) is 5.69 Å². The van der Waals surface area contributed by atoms with E-state index in [0.29, 0.717) is 5.92 Å². The highest BCUT2D eigenvalue weighted by molar-refractivity contribution is 5.99. The fraction of sp³-hybridized carbons (Fsp3) is 0.562. The number of aryl methyl sites for hydroxylation is 1. The molecule has 106 valence electrons. The lowest BCUT2D eigenvalue weighted by molar-refractivity contribution is 0.0925. The van der Waals surface area contributed by atoms with Crippen LogP contribution in [0.15, 0.2) is 18.2 Å². The number of benzene rings is 1. The van der Waals surface area contributed by atoms with Gasteiger partial charge in [-0.25, -0.2) is 0 Å². The Hall–Kier alpha value is -1.51. The fourth-order valence-corrected chi connectivity index (χ4v) is 2.18. The van der Waals surface area contributed by atoms with Crippen LogP contribution in [0.25, 0.3) is 0 Å². The predicted molar refractivity (Wildman–Crippen MR) is 81.7 cm³/mol. The third kappa shape index (κ3) is 4.27. The number of nitrogens with one attached hydrogen (secondary N) is 2. The summed E-state index contributed by atoms with van der Waals surface area (Å²) in [4.78, 5) is 12.4. The van der Waals surface area contributed by atoms with Crippen LogP contribution in [0.1, 0.15) is 50.0 Å². The second-order valence-electron chi connectivity index (χ2n) is 5.31. The van der Waals surface area contributed by atoms with Crippen molar-refractivity contribution in [3.63, 3.8) is 0 Å². The Morgan fingerprint density at radius 2 is 1.95 bits per heavy atom. The molecule has 1 amide bonds. The molecule has 1 aromatic carbocycles. The SMILES string of the molecule is CCNc1cc(C)ccc1C(=O)NC(CC)C(C)C. The molecular weight excluding hydrogens is 236 g/mol. The summed E-state index contributed by atoms with van der Waals surface area (Å²) >= 11 is 0. The Balaban J connectivity index is 2.92. The van der Waals surface area contributed by atoms with Crippen molar-refractivity contribution in [2.24, 2.45) is 5.92 Å². The molecule has 3 heteroatoms. The molecule has 0 spiro atoms. The number of carbonyl (C=O) groups excluding carboxylic acids is 1. The Bertz CT molecular complexity index is 427. The van der Waals surface area contributed by atoms with Crippen LogP contribution in [0, 0.1) is 12.8 Å². The summed E-state index contributed by atoms with van der Waals surface area (Å²) in [5.41, 5.74) is 2.80. The van der Waals surface area contributed by atoms with Crippen molar-refractivity contribution in [3.05, 3.63) is 29.3 Å². The van der Waals surface area contributed by atoms with Gasteiger partial charge in [0.1, 0.15) is 0 Å². The summed E-state index contributed by atoms with van der Waals surface area (Å²) in [6, 6.07) is 6.12. The third-order valence-corrected chi connectivity index (χ3v) is 3.35. The van der Waals surface area contributed by atoms with Crippen molar-refractivity contribution in [3.8, 4) is 0 Å². The molecule has 0 aromatic heterocycles. The number of rotatable bonds is 6. The molecule has 1 rings (SSSR count). The van der Waals surface area contributed by atoms with Crippen LogP contribution in [0.2, 0.25) is 0 Å². The Kier molecular flexibility index (Phi) is 5.87. The molecule has 0 aliphatic heterocycles. The molecule has 0 saturated heterocycles. The molecule has 1 atom stereocenters. The first-order valence-corrected chi connectivity index (χ1v) is 7.14. The van der Waals surface area contributed by atoms with E-state index in [2.05, 4.69) is 31.4 Å². The summed E-state index contributed by atoms with van der Waals surface area (Å²) in [6.45, 7) is 11.2. The summed E-state index contributed by atoms with van der Waals surface area (Å²) < 4.78 is 0. The number of hydrogen-bond acceptors (Lipinski definition) is 2. The Morgan fingerprint density at radius 1 is 1.26 bits per heavy atom. The smallest absolute Gasteiger partial charge is 0.253 e. The maximum Gasteiger partial charge on any atom is 0.253 e. The van der Waals surface area contributed by atoms with Gasteiger partial charge in [-0.3, -0.25) is 4.79 Å². The van der Waals surface area contributed by atoms with E-state index in [0.717, 1.165) is 29.8 Å². The van der Waals surface area contributed by atoms with Gasteiger partial charge in [0.2, 0.25) is 0 Å². The van der Waals surface area contributed by atoms with Crippen LogP contribution >= 0.6 is 0 Å². The summed E-state index contributed by atoms with van der Waals surface area (Å²) in [6.07, 6.45) is 0.950. The highest BCUT2D eigenvalue weighted by atomic mass is 16.1. The van der Waals surface area contributed by atoms with E-state index in [1.165, 1.54) is 0 Å². The summed E-state index contributed by atoms with van der Waals surface area (Å²) in [5.74, 6) is 0.457. The second-order valence-corrected chi connectivity index (χ2v) is 5.31. The standard InChI is InChI=1S/C16H26N2O/c1-6-14(11(3)4)18-16(19)13-9-8-12(5)10-15(13)17-7-2/h8-11,14,17H,6-7H2,1-5H3,(H,18,19). The Labute approximate surface area is 116 Å². The quantitative estimate of drug-likeness (QED) is 0.822. The number of hydrogen-bond donors (Lipinski definition) is 2.